The normalized spacial score (nSPS) is 14.5. The minimum absolute atomic E-state index is 0.261. The van der Waals surface area contributed by atoms with Crippen molar-refractivity contribution in [2.75, 3.05) is 36.4 Å². The van der Waals surface area contributed by atoms with Gasteiger partial charge >= 0.3 is 0 Å². The van der Waals surface area contributed by atoms with Crippen molar-refractivity contribution in [3.63, 3.8) is 0 Å². The van der Waals surface area contributed by atoms with E-state index in [0.29, 0.717) is 21.3 Å². The van der Waals surface area contributed by atoms with E-state index in [1.807, 2.05) is 30.3 Å². The number of hydrogen-bond donors (Lipinski definition) is 1. The molecule has 0 bridgehead atoms. The number of carbonyl (C=O) groups is 1. The summed E-state index contributed by atoms with van der Waals surface area (Å²) in [6.45, 7) is 4.43. The quantitative estimate of drug-likeness (QED) is 0.477. The van der Waals surface area contributed by atoms with Crippen LogP contribution in [0.1, 0.15) is 15.9 Å². The molecule has 3 aromatic carbocycles. The van der Waals surface area contributed by atoms with Crippen molar-refractivity contribution in [2.45, 2.75) is 6.54 Å². The van der Waals surface area contributed by atoms with Gasteiger partial charge in [0.1, 0.15) is 0 Å². The number of nitrogens with zero attached hydrogens (tertiary/aromatic N) is 2. The molecule has 1 aliphatic rings. The number of anilines is 2. The number of benzene rings is 3. The molecule has 0 atom stereocenters. The minimum atomic E-state index is -0.261. The van der Waals surface area contributed by atoms with Gasteiger partial charge in [-0.15, -0.1) is 0 Å². The topological polar surface area (TPSA) is 35.6 Å². The summed E-state index contributed by atoms with van der Waals surface area (Å²) in [6, 6.07) is 20.5. The Kier molecular flexibility index (Phi) is 7.03. The maximum Gasteiger partial charge on any atom is 0.257 e. The number of nitrogens with one attached hydrogen (secondary N) is 1. The number of halogens is 3. The molecule has 1 saturated heterocycles. The molecule has 1 N–H and O–H groups in total. The Balaban J connectivity index is 1.37. The molecule has 3 aromatic rings. The van der Waals surface area contributed by atoms with Crippen LogP contribution in [0.25, 0.3) is 0 Å². The highest BCUT2D eigenvalue weighted by Crippen LogP contribution is 2.30. The second-order valence-corrected chi connectivity index (χ2v) is 8.68. The highest BCUT2D eigenvalue weighted by molar-refractivity contribution is 6.35. The Morgan fingerprint density at radius 1 is 0.806 bits per heavy atom. The number of hydrogen-bond acceptors (Lipinski definition) is 3. The van der Waals surface area contributed by atoms with Crippen molar-refractivity contribution in [1.29, 1.82) is 0 Å². The van der Waals surface area contributed by atoms with Gasteiger partial charge in [-0.2, -0.15) is 0 Å². The van der Waals surface area contributed by atoms with Crippen LogP contribution in [0.15, 0.2) is 66.7 Å². The van der Waals surface area contributed by atoms with Crippen molar-refractivity contribution in [3.05, 3.63) is 92.9 Å². The molecule has 1 amide bonds. The Hall–Kier alpha value is -2.24. The largest absolute Gasteiger partial charge is 0.368 e. The van der Waals surface area contributed by atoms with Crippen LogP contribution in [0.2, 0.25) is 15.1 Å². The Morgan fingerprint density at radius 3 is 2.16 bits per heavy atom. The molecule has 0 radical (unpaired) electrons. The standard InChI is InChI=1S/C24H22Cl3N3O/c25-20-7-3-1-5-17(20)16-29-11-13-30(14-12-29)23-10-9-18(15-22(23)27)28-24(31)19-6-2-4-8-21(19)26/h1-10,15H,11-14,16H2,(H,28,31). The maximum absolute atomic E-state index is 12.5. The zero-order chi connectivity index (χ0) is 21.8. The molecule has 0 aliphatic carbocycles. The van der Waals surface area contributed by atoms with E-state index in [1.54, 1.807) is 30.3 Å². The molecule has 4 nitrogen and oxygen atoms in total. The van der Waals surface area contributed by atoms with E-state index in [1.165, 1.54) is 0 Å². The summed E-state index contributed by atoms with van der Waals surface area (Å²) in [5.74, 6) is -0.261. The molecule has 1 heterocycles. The van der Waals surface area contributed by atoms with Gasteiger partial charge in [0, 0.05) is 43.4 Å². The first-order valence-electron chi connectivity index (χ1n) is 10.1. The second-order valence-electron chi connectivity index (χ2n) is 7.45. The lowest BCUT2D eigenvalue weighted by Crippen LogP contribution is -2.46. The Bertz CT molecular complexity index is 1080. The average Bonchev–Trinajstić information content (AvgIpc) is 2.76. The first-order chi connectivity index (χ1) is 15.0. The SMILES string of the molecule is O=C(Nc1ccc(N2CCN(Cc3ccccc3Cl)CC2)c(Cl)c1)c1ccccc1Cl. The van der Waals surface area contributed by atoms with E-state index in [-0.39, 0.29) is 5.91 Å². The number of carbonyl (C=O) groups excluding carboxylic acids is 1. The summed E-state index contributed by atoms with van der Waals surface area (Å²) < 4.78 is 0. The van der Waals surface area contributed by atoms with Gasteiger partial charge in [-0.3, -0.25) is 9.69 Å². The fraction of sp³-hybridized carbons (Fsp3) is 0.208. The molecule has 31 heavy (non-hydrogen) atoms. The summed E-state index contributed by atoms with van der Waals surface area (Å²) in [5.41, 5.74) is 3.18. The van der Waals surface area contributed by atoms with Crippen LogP contribution in [0.4, 0.5) is 11.4 Å². The number of rotatable bonds is 5. The molecule has 0 saturated carbocycles. The summed E-state index contributed by atoms with van der Waals surface area (Å²) in [5, 5.41) is 4.69. The lowest BCUT2D eigenvalue weighted by atomic mass is 10.1. The van der Waals surface area contributed by atoms with E-state index in [0.717, 1.165) is 49.0 Å². The lowest BCUT2D eigenvalue weighted by Gasteiger charge is -2.36. The van der Waals surface area contributed by atoms with E-state index in [2.05, 4.69) is 21.2 Å². The van der Waals surface area contributed by atoms with E-state index in [4.69, 9.17) is 34.8 Å². The van der Waals surface area contributed by atoms with Crippen LogP contribution in [0.5, 0.6) is 0 Å². The van der Waals surface area contributed by atoms with Crippen LogP contribution in [-0.2, 0) is 6.54 Å². The molecule has 1 aliphatic heterocycles. The van der Waals surface area contributed by atoms with Gasteiger partial charge in [-0.1, -0.05) is 65.1 Å². The monoisotopic (exact) mass is 473 g/mol. The summed E-state index contributed by atoms with van der Waals surface area (Å²) in [6.07, 6.45) is 0. The highest BCUT2D eigenvalue weighted by Gasteiger charge is 2.20. The molecule has 0 aromatic heterocycles. The fourth-order valence-electron chi connectivity index (χ4n) is 3.70. The van der Waals surface area contributed by atoms with E-state index >= 15 is 0 Å². The minimum Gasteiger partial charge on any atom is -0.368 e. The van der Waals surface area contributed by atoms with Crippen molar-refractivity contribution in [3.8, 4) is 0 Å². The maximum atomic E-state index is 12.5. The highest BCUT2D eigenvalue weighted by atomic mass is 35.5. The summed E-state index contributed by atoms with van der Waals surface area (Å²) in [7, 11) is 0. The van der Waals surface area contributed by atoms with E-state index < -0.39 is 0 Å². The Morgan fingerprint density at radius 2 is 1.48 bits per heavy atom. The second kappa shape index (κ2) is 9.92. The third-order valence-electron chi connectivity index (χ3n) is 5.39. The molecular weight excluding hydrogens is 453 g/mol. The van der Waals surface area contributed by atoms with Gasteiger partial charge in [0.05, 0.1) is 21.3 Å². The van der Waals surface area contributed by atoms with Gasteiger partial charge in [-0.25, -0.2) is 0 Å². The van der Waals surface area contributed by atoms with Crippen LogP contribution < -0.4 is 10.2 Å². The Labute approximate surface area is 197 Å². The van der Waals surface area contributed by atoms with Gasteiger partial charge in [0.2, 0.25) is 0 Å². The molecule has 7 heteroatoms. The number of piperazine rings is 1. The van der Waals surface area contributed by atoms with Crippen molar-refractivity contribution in [2.24, 2.45) is 0 Å². The molecule has 0 spiro atoms. The van der Waals surface area contributed by atoms with Gasteiger partial charge in [0.25, 0.3) is 5.91 Å². The van der Waals surface area contributed by atoms with Crippen LogP contribution in [0.3, 0.4) is 0 Å². The van der Waals surface area contributed by atoms with Gasteiger partial charge < -0.3 is 10.2 Å². The first kappa shape index (κ1) is 22.0. The first-order valence-corrected chi connectivity index (χ1v) is 11.2. The fourth-order valence-corrected chi connectivity index (χ4v) is 4.42. The molecule has 1 fully saturated rings. The van der Waals surface area contributed by atoms with Crippen LogP contribution >= 0.6 is 34.8 Å². The van der Waals surface area contributed by atoms with Crippen molar-refractivity contribution in [1.82, 2.24) is 4.90 Å². The lowest BCUT2D eigenvalue weighted by molar-refractivity contribution is 0.102. The smallest absolute Gasteiger partial charge is 0.257 e. The molecule has 160 valence electrons. The van der Waals surface area contributed by atoms with Gasteiger partial charge in [0.15, 0.2) is 0 Å². The predicted octanol–water partition coefficient (Wildman–Crippen LogP) is 6.22. The van der Waals surface area contributed by atoms with Crippen molar-refractivity contribution >= 4 is 52.1 Å². The predicted molar refractivity (Wildman–Crippen MR) is 130 cm³/mol. The number of amides is 1. The zero-order valence-electron chi connectivity index (χ0n) is 16.8. The molecule has 0 unspecified atom stereocenters. The van der Waals surface area contributed by atoms with E-state index in [9.17, 15) is 4.79 Å². The van der Waals surface area contributed by atoms with Crippen LogP contribution in [0, 0.1) is 0 Å². The average molecular weight is 475 g/mol. The van der Waals surface area contributed by atoms with Crippen LogP contribution in [-0.4, -0.2) is 37.0 Å². The molecular formula is C24H22Cl3N3O. The zero-order valence-corrected chi connectivity index (χ0v) is 19.1. The van der Waals surface area contributed by atoms with Gasteiger partial charge in [-0.05, 0) is 42.0 Å². The molecule has 4 rings (SSSR count). The summed E-state index contributed by atoms with van der Waals surface area (Å²) >= 11 is 19.0. The third kappa shape index (κ3) is 5.34. The van der Waals surface area contributed by atoms with Crippen molar-refractivity contribution < 1.29 is 4.79 Å². The summed E-state index contributed by atoms with van der Waals surface area (Å²) in [4.78, 5) is 17.1. The third-order valence-corrected chi connectivity index (χ3v) is 6.39.